The van der Waals surface area contributed by atoms with E-state index in [1.54, 1.807) is 0 Å². The third kappa shape index (κ3) is 5.91. The van der Waals surface area contributed by atoms with E-state index in [4.69, 9.17) is 5.73 Å². The predicted octanol–water partition coefficient (Wildman–Crippen LogP) is 0.983. The summed E-state index contributed by atoms with van der Waals surface area (Å²) in [5, 5.41) is 0. The molecule has 0 heterocycles. The molecule has 1 rings (SSSR count). The van der Waals surface area contributed by atoms with Crippen LogP contribution in [0.15, 0.2) is 0 Å². The Hall–Kier alpha value is -1.31. The number of nitrogens with zero attached hydrogens (tertiary/aromatic N) is 2. The van der Waals surface area contributed by atoms with Gasteiger partial charge in [0.15, 0.2) is 0 Å². The van der Waals surface area contributed by atoms with Crippen molar-refractivity contribution in [3.8, 4) is 0 Å². The summed E-state index contributed by atoms with van der Waals surface area (Å²) in [5.41, 5.74) is 5.77. The van der Waals surface area contributed by atoms with Crippen LogP contribution in [0.1, 0.15) is 25.7 Å². The molecule has 2 amide bonds. The molecular formula is C13H22F3N3O2. The summed E-state index contributed by atoms with van der Waals surface area (Å²) in [6, 6.07) is -0.162. The number of hydrogen-bond acceptors (Lipinski definition) is 3. The van der Waals surface area contributed by atoms with Crippen molar-refractivity contribution in [3.05, 3.63) is 0 Å². The van der Waals surface area contributed by atoms with E-state index in [-0.39, 0.29) is 6.04 Å². The third-order valence-electron chi connectivity index (χ3n) is 3.57. The molecule has 2 N–H and O–H groups in total. The van der Waals surface area contributed by atoms with Gasteiger partial charge in [0.1, 0.15) is 13.1 Å². The van der Waals surface area contributed by atoms with Crippen LogP contribution in [0.5, 0.6) is 0 Å². The molecule has 0 bridgehead atoms. The molecular weight excluding hydrogens is 287 g/mol. The zero-order valence-electron chi connectivity index (χ0n) is 12.3. The number of likely N-dealkylation sites (N-methyl/N-ethyl adjacent to an activating group) is 1. The Balaban J connectivity index is 2.78. The van der Waals surface area contributed by atoms with Gasteiger partial charge < -0.3 is 15.5 Å². The second kappa shape index (κ2) is 7.11. The molecule has 0 aromatic heterocycles. The van der Waals surface area contributed by atoms with Gasteiger partial charge in [-0.2, -0.15) is 13.2 Å². The summed E-state index contributed by atoms with van der Waals surface area (Å²) in [6.07, 6.45) is -2.13. The van der Waals surface area contributed by atoms with E-state index in [9.17, 15) is 22.8 Å². The van der Waals surface area contributed by atoms with Crippen molar-refractivity contribution in [2.75, 3.05) is 27.2 Å². The summed E-state index contributed by atoms with van der Waals surface area (Å²) in [5.74, 6) is -1.68. The second-order valence-corrected chi connectivity index (χ2v) is 5.72. The molecule has 1 aliphatic carbocycles. The highest BCUT2D eigenvalue weighted by Gasteiger charge is 2.37. The van der Waals surface area contributed by atoms with Crippen molar-refractivity contribution >= 4 is 11.8 Å². The molecule has 0 aromatic rings. The van der Waals surface area contributed by atoms with Gasteiger partial charge in [-0.1, -0.05) is 6.42 Å². The summed E-state index contributed by atoms with van der Waals surface area (Å²) in [7, 11) is 2.88. The van der Waals surface area contributed by atoms with E-state index in [0.717, 1.165) is 12.8 Å². The van der Waals surface area contributed by atoms with Gasteiger partial charge in [0, 0.05) is 26.1 Å². The first-order chi connectivity index (χ1) is 9.60. The fourth-order valence-electron chi connectivity index (χ4n) is 2.44. The number of halogens is 3. The van der Waals surface area contributed by atoms with Gasteiger partial charge in [-0.15, -0.1) is 0 Å². The minimum Gasteiger partial charge on any atom is -0.347 e. The predicted molar refractivity (Wildman–Crippen MR) is 71.3 cm³/mol. The number of carbonyl (C=O) groups is 2. The topological polar surface area (TPSA) is 66.6 Å². The standard InChI is InChI=1S/C13H22F3N3O2/c1-18(2)11(20)7-19(8-13(14,15)16)12(21)9-4-3-5-10(17)6-9/h9-10H,3-8,17H2,1-2H3. The quantitative estimate of drug-likeness (QED) is 0.842. The number of amides is 2. The highest BCUT2D eigenvalue weighted by molar-refractivity contribution is 5.85. The van der Waals surface area contributed by atoms with Gasteiger partial charge in [0.05, 0.1) is 0 Å². The molecule has 21 heavy (non-hydrogen) atoms. The van der Waals surface area contributed by atoms with Crippen molar-refractivity contribution in [3.63, 3.8) is 0 Å². The molecule has 1 saturated carbocycles. The van der Waals surface area contributed by atoms with Crippen LogP contribution in [0.4, 0.5) is 13.2 Å². The lowest BCUT2D eigenvalue weighted by Gasteiger charge is -2.32. The Morgan fingerprint density at radius 1 is 1.24 bits per heavy atom. The lowest BCUT2D eigenvalue weighted by molar-refractivity contribution is -0.167. The minimum atomic E-state index is -4.53. The Morgan fingerprint density at radius 3 is 2.33 bits per heavy atom. The third-order valence-corrected chi connectivity index (χ3v) is 3.57. The molecule has 2 unspecified atom stereocenters. The van der Waals surface area contributed by atoms with Crippen molar-refractivity contribution < 1.29 is 22.8 Å². The maximum absolute atomic E-state index is 12.6. The lowest BCUT2D eigenvalue weighted by atomic mass is 9.85. The number of alkyl halides is 3. The van der Waals surface area contributed by atoms with Crippen molar-refractivity contribution in [1.82, 2.24) is 9.80 Å². The molecule has 1 fully saturated rings. The van der Waals surface area contributed by atoms with Crippen LogP contribution in [0.25, 0.3) is 0 Å². The van der Waals surface area contributed by atoms with E-state index in [1.165, 1.54) is 19.0 Å². The largest absolute Gasteiger partial charge is 0.406 e. The number of carbonyl (C=O) groups excluding carboxylic acids is 2. The van der Waals surface area contributed by atoms with E-state index < -0.39 is 37.0 Å². The molecule has 0 radical (unpaired) electrons. The summed E-state index contributed by atoms with van der Waals surface area (Å²) in [6.45, 7) is -1.96. The van der Waals surface area contributed by atoms with E-state index in [2.05, 4.69) is 0 Å². The monoisotopic (exact) mass is 309 g/mol. The van der Waals surface area contributed by atoms with Crippen LogP contribution < -0.4 is 5.73 Å². The van der Waals surface area contributed by atoms with Crippen molar-refractivity contribution in [1.29, 1.82) is 0 Å². The molecule has 0 aliphatic heterocycles. The first-order valence-electron chi connectivity index (χ1n) is 6.91. The van der Waals surface area contributed by atoms with Crippen molar-refractivity contribution in [2.24, 2.45) is 11.7 Å². The molecule has 5 nitrogen and oxygen atoms in total. The van der Waals surface area contributed by atoms with Gasteiger partial charge in [0.25, 0.3) is 0 Å². The summed E-state index contributed by atoms with van der Waals surface area (Å²) in [4.78, 5) is 25.7. The Labute approximate surface area is 122 Å². The zero-order valence-corrected chi connectivity index (χ0v) is 12.3. The van der Waals surface area contributed by atoms with Crippen LogP contribution in [-0.4, -0.2) is 61.0 Å². The molecule has 1 aliphatic rings. The SMILES string of the molecule is CN(C)C(=O)CN(CC(F)(F)F)C(=O)C1CCCC(N)C1. The van der Waals surface area contributed by atoms with E-state index in [1.807, 2.05) is 0 Å². The molecule has 2 atom stereocenters. The van der Waals surface area contributed by atoms with Gasteiger partial charge >= 0.3 is 6.18 Å². The maximum atomic E-state index is 12.6. The highest BCUT2D eigenvalue weighted by atomic mass is 19.4. The number of hydrogen-bond donors (Lipinski definition) is 1. The first-order valence-corrected chi connectivity index (χ1v) is 6.91. The molecule has 122 valence electrons. The lowest BCUT2D eigenvalue weighted by Crippen LogP contribution is -2.48. The average molecular weight is 309 g/mol. The minimum absolute atomic E-state index is 0.162. The van der Waals surface area contributed by atoms with Crippen LogP contribution >= 0.6 is 0 Å². The van der Waals surface area contributed by atoms with Crippen molar-refractivity contribution in [2.45, 2.75) is 37.9 Å². The van der Waals surface area contributed by atoms with Gasteiger partial charge in [-0.3, -0.25) is 9.59 Å². The maximum Gasteiger partial charge on any atom is 0.406 e. The van der Waals surface area contributed by atoms with Crippen LogP contribution in [-0.2, 0) is 9.59 Å². The normalized spacial score (nSPS) is 22.8. The molecule has 0 spiro atoms. The van der Waals surface area contributed by atoms with Crippen LogP contribution in [0, 0.1) is 5.92 Å². The smallest absolute Gasteiger partial charge is 0.347 e. The van der Waals surface area contributed by atoms with Gasteiger partial charge in [-0.25, -0.2) is 0 Å². The van der Waals surface area contributed by atoms with E-state index in [0.29, 0.717) is 17.7 Å². The van der Waals surface area contributed by atoms with E-state index >= 15 is 0 Å². The summed E-state index contributed by atoms with van der Waals surface area (Å²) < 4.78 is 37.9. The summed E-state index contributed by atoms with van der Waals surface area (Å²) >= 11 is 0. The average Bonchev–Trinajstić information content (AvgIpc) is 2.35. The Kier molecular flexibility index (Phi) is 6.00. The molecule has 8 heteroatoms. The number of rotatable bonds is 4. The fraction of sp³-hybridized carbons (Fsp3) is 0.846. The molecule has 0 aromatic carbocycles. The second-order valence-electron chi connectivity index (χ2n) is 5.72. The van der Waals surface area contributed by atoms with Crippen LogP contribution in [0.3, 0.4) is 0 Å². The van der Waals surface area contributed by atoms with Crippen LogP contribution in [0.2, 0.25) is 0 Å². The first kappa shape index (κ1) is 17.7. The van der Waals surface area contributed by atoms with Gasteiger partial charge in [0.2, 0.25) is 11.8 Å². The Morgan fingerprint density at radius 2 is 1.86 bits per heavy atom. The Bertz CT molecular complexity index is 385. The zero-order chi connectivity index (χ0) is 16.2. The highest BCUT2D eigenvalue weighted by Crippen LogP contribution is 2.26. The number of nitrogens with two attached hydrogens (primary N) is 1. The van der Waals surface area contributed by atoms with Gasteiger partial charge in [-0.05, 0) is 19.3 Å². The fourth-order valence-corrected chi connectivity index (χ4v) is 2.44. The molecule has 0 saturated heterocycles.